The maximum Gasteiger partial charge on any atom is 0.254 e. The number of aryl methyl sites for hydroxylation is 1. The molecule has 0 saturated heterocycles. The minimum atomic E-state index is -3.21. The van der Waals surface area contributed by atoms with Crippen molar-refractivity contribution in [3.8, 4) is 11.1 Å². The Balaban J connectivity index is 1.93. The van der Waals surface area contributed by atoms with E-state index in [1.807, 2.05) is 30.3 Å². The molecule has 1 aromatic heterocycles. The first-order chi connectivity index (χ1) is 11.0. The van der Waals surface area contributed by atoms with Crippen LogP contribution >= 0.6 is 0 Å². The summed E-state index contributed by atoms with van der Waals surface area (Å²) in [6.45, 7) is 1.77. The molecular formula is C17H16N2O3S. The molecule has 0 spiro atoms. The van der Waals surface area contributed by atoms with Crippen LogP contribution in [0.5, 0.6) is 0 Å². The van der Waals surface area contributed by atoms with Crippen molar-refractivity contribution in [2.45, 2.75) is 13.0 Å². The van der Waals surface area contributed by atoms with Crippen molar-refractivity contribution in [3.63, 3.8) is 0 Å². The second-order valence-electron chi connectivity index (χ2n) is 5.42. The first-order valence-corrected chi connectivity index (χ1v) is 8.91. The smallest absolute Gasteiger partial charge is 0.254 e. The average molecular weight is 328 g/mol. The SMILES string of the molecule is Cc1nccc(-c2ccccc2)c1C(=O)N[C@@H]1C=CS(=O)(=O)C1. The molecule has 118 valence electrons. The van der Waals surface area contributed by atoms with Crippen LogP contribution in [-0.2, 0) is 9.84 Å². The van der Waals surface area contributed by atoms with Gasteiger partial charge in [-0.05, 0) is 30.2 Å². The maximum atomic E-state index is 12.6. The average Bonchev–Trinajstić information content (AvgIpc) is 2.86. The zero-order valence-corrected chi connectivity index (χ0v) is 13.4. The molecule has 0 radical (unpaired) electrons. The predicted molar refractivity (Wildman–Crippen MR) is 88.6 cm³/mol. The van der Waals surface area contributed by atoms with Crippen LogP contribution in [0.1, 0.15) is 16.1 Å². The van der Waals surface area contributed by atoms with Crippen LogP contribution in [0, 0.1) is 6.92 Å². The Hall–Kier alpha value is -2.47. The number of nitrogens with zero attached hydrogens (tertiary/aromatic N) is 1. The Morgan fingerprint density at radius 1 is 1.22 bits per heavy atom. The summed E-state index contributed by atoms with van der Waals surface area (Å²) in [6.07, 6.45) is 3.16. The van der Waals surface area contributed by atoms with E-state index in [-0.39, 0.29) is 11.7 Å². The van der Waals surface area contributed by atoms with Crippen molar-refractivity contribution < 1.29 is 13.2 Å². The molecule has 1 aliphatic rings. The van der Waals surface area contributed by atoms with Crippen LogP contribution in [0.2, 0.25) is 0 Å². The fraction of sp³-hybridized carbons (Fsp3) is 0.176. The van der Waals surface area contributed by atoms with Crippen molar-refractivity contribution in [1.82, 2.24) is 10.3 Å². The summed E-state index contributed by atoms with van der Waals surface area (Å²) >= 11 is 0. The molecule has 0 fully saturated rings. The number of hydrogen-bond acceptors (Lipinski definition) is 4. The van der Waals surface area contributed by atoms with Gasteiger partial charge >= 0.3 is 0 Å². The standard InChI is InChI=1S/C17H16N2O3S/c1-12-16(17(20)19-14-8-10-23(21,22)11-14)15(7-9-18-12)13-5-3-2-4-6-13/h2-10,14H,11H2,1H3,(H,19,20)/t14-/m1/s1. The van der Waals surface area contributed by atoms with Crippen LogP contribution in [0.15, 0.2) is 54.1 Å². The fourth-order valence-electron chi connectivity index (χ4n) is 2.62. The normalized spacial score (nSPS) is 18.7. The minimum absolute atomic E-state index is 0.0985. The Labute approximate surface area is 135 Å². The summed E-state index contributed by atoms with van der Waals surface area (Å²) in [5.74, 6) is -0.417. The van der Waals surface area contributed by atoms with Crippen molar-refractivity contribution in [1.29, 1.82) is 0 Å². The highest BCUT2D eigenvalue weighted by Gasteiger charge is 2.25. The number of rotatable bonds is 3. The van der Waals surface area contributed by atoms with E-state index in [0.29, 0.717) is 11.3 Å². The molecule has 1 atom stereocenters. The van der Waals surface area contributed by atoms with E-state index in [0.717, 1.165) is 16.5 Å². The second kappa shape index (κ2) is 5.96. The number of sulfone groups is 1. The van der Waals surface area contributed by atoms with E-state index in [2.05, 4.69) is 10.3 Å². The van der Waals surface area contributed by atoms with Gasteiger partial charge in [-0.15, -0.1) is 0 Å². The molecule has 0 saturated carbocycles. The number of benzene rings is 1. The third kappa shape index (κ3) is 3.32. The van der Waals surface area contributed by atoms with Crippen molar-refractivity contribution >= 4 is 15.7 Å². The van der Waals surface area contributed by atoms with Gasteiger partial charge in [0.15, 0.2) is 9.84 Å². The molecule has 1 N–H and O–H groups in total. The van der Waals surface area contributed by atoms with Gasteiger partial charge in [-0.3, -0.25) is 9.78 Å². The van der Waals surface area contributed by atoms with Gasteiger partial charge in [0.2, 0.25) is 0 Å². The Kier molecular flexibility index (Phi) is 4.00. The Bertz CT molecular complexity index is 874. The van der Waals surface area contributed by atoms with Crippen molar-refractivity contribution in [2.24, 2.45) is 0 Å². The fourth-order valence-corrected chi connectivity index (χ4v) is 3.85. The third-order valence-electron chi connectivity index (χ3n) is 3.70. The molecule has 2 aromatic rings. The summed E-state index contributed by atoms with van der Waals surface area (Å²) in [6, 6.07) is 10.8. The molecule has 6 heteroatoms. The second-order valence-corrected chi connectivity index (χ2v) is 7.35. The summed E-state index contributed by atoms with van der Waals surface area (Å²) < 4.78 is 22.9. The first-order valence-electron chi connectivity index (χ1n) is 7.19. The summed E-state index contributed by atoms with van der Waals surface area (Å²) in [5.41, 5.74) is 2.77. The molecule has 0 aliphatic carbocycles. The molecule has 0 unspecified atom stereocenters. The van der Waals surface area contributed by atoms with Crippen LogP contribution in [-0.4, -0.2) is 31.1 Å². The maximum absolute atomic E-state index is 12.6. The highest BCUT2D eigenvalue weighted by molar-refractivity contribution is 7.94. The molecule has 0 bridgehead atoms. The molecule has 1 aliphatic heterocycles. The van der Waals surface area contributed by atoms with Gasteiger partial charge in [-0.25, -0.2) is 8.42 Å². The molecule has 23 heavy (non-hydrogen) atoms. The first kappa shape index (κ1) is 15.4. The number of hydrogen-bond donors (Lipinski definition) is 1. The van der Waals surface area contributed by atoms with Gasteiger partial charge < -0.3 is 5.32 Å². The number of nitrogens with one attached hydrogen (secondary N) is 1. The van der Waals surface area contributed by atoms with Gasteiger partial charge in [-0.2, -0.15) is 0 Å². The van der Waals surface area contributed by atoms with Gasteiger partial charge in [0.25, 0.3) is 5.91 Å². The lowest BCUT2D eigenvalue weighted by atomic mass is 9.98. The number of carbonyl (C=O) groups excluding carboxylic acids is 1. The molecule has 5 nitrogen and oxygen atoms in total. The van der Waals surface area contributed by atoms with Crippen molar-refractivity contribution in [2.75, 3.05) is 5.75 Å². The summed E-state index contributed by atoms with van der Waals surface area (Å²) in [4.78, 5) is 16.8. The molecule has 1 amide bonds. The highest BCUT2D eigenvalue weighted by atomic mass is 32.2. The monoisotopic (exact) mass is 328 g/mol. The van der Waals surface area contributed by atoms with E-state index in [1.165, 1.54) is 6.08 Å². The van der Waals surface area contributed by atoms with Crippen molar-refractivity contribution in [3.05, 3.63) is 65.3 Å². The summed E-state index contributed by atoms with van der Waals surface area (Å²) in [5, 5.41) is 3.90. The zero-order valence-electron chi connectivity index (χ0n) is 12.6. The number of aromatic nitrogens is 1. The van der Waals surface area contributed by atoms with Crippen LogP contribution in [0.3, 0.4) is 0 Å². The van der Waals surface area contributed by atoms with Gasteiger partial charge in [-0.1, -0.05) is 30.3 Å². The third-order valence-corrected chi connectivity index (χ3v) is 5.09. The van der Waals surface area contributed by atoms with Gasteiger partial charge in [0.05, 0.1) is 23.1 Å². The van der Waals surface area contributed by atoms with E-state index < -0.39 is 15.9 Å². The zero-order chi connectivity index (χ0) is 16.4. The van der Waals surface area contributed by atoms with Gasteiger partial charge in [0, 0.05) is 11.6 Å². The lowest BCUT2D eigenvalue weighted by molar-refractivity contribution is 0.0947. The highest BCUT2D eigenvalue weighted by Crippen LogP contribution is 2.25. The number of amides is 1. The van der Waals surface area contributed by atoms with Crippen LogP contribution < -0.4 is 5.32 Å². The predicted octanol–water partition coefficient (Wildman–Crippen LogP) is 2.10. The molecular weight excluding hydrogens is 312 g/mol. The van der Waals surface area contributed by atoms with Gasteiger partial charge in [0.1, 0.15) is 0 Å². The lowest BCUT2D eigenvalue weighted by Crippen LogP contribution is -2.36. The van der Waals surface area contributed by atoms with Crippen LogP contribution in [0.25, 0.3) is 11.1 Å². The number of carbonyl (C=O) groups is 1. The molecule has 3 rings (SSSR count). The van der Waals surface area contributed by atoms with Crippen LogP contribution in [0.4, 0.5) is 0 Å². The molecule has 1 aromatic carbocycles. The van der Waals surface area contributed by atoms with E-state index >= 15 is 0 Å². The Morgan fingerprint density at radius 2 is 1.96 bits per heavy atom. The molecule has 2 heterocycles. The van der Waals surface area contributed by atoms with E-state index in [1.54, 1.807) is 19.2 Å². The lowest BCUT2D eigenvalue weighted by Gasteiger charge is -2.15. The minimum Gasteiger partial charge on any atom is -0.345 e. The van der Waals surface area contributed by atoms with E-state index in [4.69, 9.17) is 0 Å². The Morgan fingerprint density at radius 3 is 2.61 bits per heavy atom. The topological polar surface area (TPSA) is 76.1 Å². The van der Waals surface area contributed by atoms with E-state index in [9.17, 15) is 13.2 Å². The number of pyridine rings is 1. The summed E-state index contributed by atoms with van der Waals surface area (Å²) in [7, 11) is -3.21. The largest absolute Gasteiger partial charge is 0.345 e. The quantitative estimate of drug-likeness (QED) is 0.936.